The maximum absolute atomic E-state index is 12.8. The van der Waals surface area contributed by atoms with Crippen LogP contribution < -0.4 is 4.74 Å². The first-order valence-electron chi connectivity index (χ1n) is 8.15. The van der Waals surface area contributed by atoms with Gasteiger partial charge in [0.15, 0.2) is 5.82 Å². The predicted molar refractivity (Wildman–Crippen MR) is 89.5 cm³/mol. The van der Waals surface area contributed by atoms with Gasteiger partial charge in [-0.2, -0.15) is 0 Å². The molecule has 2 aromatic heterocycles. The summed E-state index contributed by atoms with van der Waals surface area (Å²) in [5.41, 5.74) is 1.04. The number of rotatable bonds is 4. The van der Waals surface area contributed by atoms with Crippen molar-refractivity contribution >= 4 is 16.8 Å². The number of carbonyl (C=O) groups excluding carboxylic acids is 1. The first kappa shape index (κ1) is 15.6. The SMILES string of the molecule is O=C(Cn1ccc2ccccc21)N1CCC(Oc2ncc(F)cn2)C1. The van der Waals surface area contributed by atoms with Crippen molar-refractivity contribution in [3.05, 3.63) is 54.7 Å². The van der Waals surface area contributed by atoms with Gasteiger partial charge in [0.25, 0.3) is 0 Å². The van der Waals surface area contributed by atoms with Crippen LogP contribution in [0.25, 0.3) is 10.9 Å². The van der Waals surface area contributed by atoms with E-state index >= 15 is 0 Å². The fraction of sp³-hybridized carbons (Fsp3) is 0.278. The van der Waals surface area contributed by atoms with Crippen molar-refractivity contribution in [1.29, 1.82) is 0 Å². The second kappa shape index (κ2) is 6.51. The van der Waals surface area contributed by atoms with Crippen LogP contribution in [0.3, 0.4) is 0 Å². The average molecular weight is 340 g/mol. The van der Waals surface area contributed by atoms with E-state index in [1.54, 1.807) is 4.90 Å². The van der Waals surface area contributed by atoms with E-state index in [0.29, 0.717) is 26.1 Å². The van der Waals surface area contributed by atoms with Gasteiger partial charge in [-0.3, -0.25) is 4.79 Å². The van der Waals surface area contributed by atoms with Crippen LogP contribution in [0.2, 0.25) is 0 Å². The molecule has 7 heteroatoms. The Morgan fingerprint density at radius 1 is 1.24 bits per heavy atom. The quantitative estimate of drug-likeness (QED) is 0.731. The van der Waals surface area contributed by atoms with Crippen LogP contribution in [0.4, 0.5) is 4.39 Å². The number of fused-ring (bicyclic) bond motifs is 1. The molecule has 3 aromatic rings. The molecule has 6 nitrogen and oxygen atoms in total. The van der Waals surface area contributed by atoms with Crippen LogP contribution >= 0.6 is 0 Å². The molecule has 1 fully saturated rings. The largest absolute Gasteiger partial charge is 0.458 e. The Balaban J connectivity index is 1.38. The zero-order valence-corrected chi connectivity index (χ0v) is 13.5. The van der Waals surface area contributed by atoms with E-state index in [4.69, 9.17) is 4.74 Å². The third-order valence-electron chi connectivity index (χ3n) is 4.35. The predicted octanol–water partition coefficient (Wildman–Crippen LogP) is 2.25. The van der Waals surface area contributed by atoms with Gasteiger partial charge < -0.3 is 14.2 Å². The number of benzene rings is 1. The summed E-state index contributed by atoms with van der Waals surface area (Å²) in [5.74, 6) is -0.456. The standard InChI is InChI=1S/C18H17FN4O2/c19-14-9-20-18(21-10-14)25-15-6-8-23(11-15)17(24)12-22-7-5-13-3-1-2-4-16(13)22/h1-5,7,9-10,15H,6,8,11-12H2. The Labute approximate surface area is 143 Å². The van der Waals surface area contributed by atoms with Crippen molar-refractivity contribution in [2.45, 2.75) is 19.1 Å². The number of ether oxygens (including phenoxy) is 1. The van der Waals surface area contributed by atoms with Gasteiger partial charge in [0, 0.05) is 24.7 Å². The molecule has 1 aliphatic heterocycles. The maximum Gasteiger partial charge on any atom is 0.316 e. The Hall–Kier alpha value is -2.96. The van der Waals surface area contributed by atoms with Crippen molar-refractivity contribution in [1.82, 2.24) is 19.4 Å². The van der Waals surface area contributed by atoms with E-state index in [1.807, 2.05) is 41.1 Å². The molecule has 0 radical (unpaired) electrons. The molecule has 1 aromatic carbocycles. The highest BCUT2D eigenvalue weighted by Crippen LogP contribution is 2.18. The Kier molecular flexibility index (Phi) is 4.05. The number of hydrogen-bond donors (Lipinski definition) is 0. The fourth-order valence-electron chi connectivity index (χ4n) is 3.09. The van der Waals surface area contributed by atoms with E-state index in [2.05, 4.69) is 9.97 Å². The maximum atomic E-state index is 12.8. The zero-order valence-electron chi connectivity index (χ0n) is 13.5. The molecule has 1 atom stereocenters. The van der Waals surface area contributed by atoms with Crippen LogP contribution in [-0.2, 0) is 11.3 Å². The molecule has 1 amide bonds. The molecule has 25 heavy (non-hydrogen) atoms. The summed E-state index contributed by atoms with van der Waals surface area (Å²) in [6, 6.07) is 10.1. The van der Waals surface area contributed by atoms with Crippen molar-refractivity contribution < 1.29 is 13.9 Å². The topological polar surface area (TPSA) is 60.2 Å². The second-order valence-corrected chi connectivity index (χ2v) is 6.05. The second-order valence-electron chi connectivity index (χ2n) is 6.05. The number of halogens is 1. The van der Waals surface area contributed by atoms with Crippen molar-refractivity contribution in [3.63, 3.8) is 0 Å². The minimum Gasteiger partial charge on any atom is -0.458 e. The highest BCUT2D eigenvalue weighted by Gasteiger charge is 2.28. The number of aromatic nitrogens is 3. The first-order valence-corrected chi connectivity index (χ1v) is 8.15. The van der Waals surface area contributed by atoms with Gasteiger partial charge in [0.05, 0.1) is 18.9 Å². The van der Waals surface area contributed by atoms with Crippen LogP contribution in [0.5, 0.6) is 6.01 Å². The number of amides is 1. The Bertz CT molecular complexity index is 893. The molecule has 0 aliphatic carbocycles. The lowest BCUT2D eigenvalue weighted by molar-refractivity contribution is -0.131. The van der Waals surface area contributed by atoms with Gasteiger partial charge >= 0.3 is 6.01 Å². The Morgan fingerprint density at radius 2 is 2.04 bits per heavy atom. The summed E-state index contributed by atoms with van der Waals surface area (Å²) in [6.45, 7) is 1.41. The molecule has 1 aliphatic rings. The van der Waals surface area contributed by atoms with E-state index in [1.165, 1.54) is 0 Å². The van der Waals surface area contributed by atoms with Crippen molar-refractivity contribution in [2.75, 3.05) is 13.1 Å². The van der Waals surface area contributed by atoms with Gasteiger partial charge in [-0.25, -0.2) is 14.4 Å². The van der Waals surface area contributed by atoms with E-state index < -0.39 is 5.82 Å². The number of nitrogens with zero attached hydrogens (tertiary/aromatic N) is 4. The fourth-order valence-corrected chi connectivity index (χ4v) is 3.09. The van der Waals surface area contributed by atoms with Gasteiger partial charge in [-0.05, 0) is 17.5 Å². The van der Waals surface area contributed by atoms with Gasteiger partial charge in [-0.1, -0.05) is 18.2 Å². The van der Waals surface area contributed by atoms with Gasteiger partial charge in [0.2, 0.25) is 5.91 Å². The summed E-state index contributed by atoms with van der Waals surface area (Å²) >= 11 is 0. The normalized spacial score (nSPS) is 17.2. The molecule has 0 saturated carbocycles. The first-order chi connectivity index (χ1) is 12.2. The number of para-hydroxylation sites is 1. The summed E-state index contributed by atoms with van der Waals surface area (Å²) in [4.78, 5) is 21.9. The molecule has 0 bridgehead atoms. The summed E-state index contributed by atoms with van der Waals surface area (Å²) in [6.07, 6.45) is 4.60. The van der Waals surface area contributed by atoms with Crippen LogP contribution in [0.1, 0.15) is 6.42 Å². The molecular formula is C18H17FN4O2. The third kappa shape index (κ3) is 3.31. The summed E-state index contributed by atoms with van der Waals surface area (Å²) in [7, 11) is 0. The summed E-state index contributed by atoms with van der Waals surface area (Å²) < 4.78 is 20.4. The minimum atomic E-state index is -0.505. The van der Waals surface area contributed by atoms with Crippen LogP contribution in [0.15, 0.2) is 48.9 Å². The molecule has 1 unspecified atom stereocenters. The number of hydrogen-bond acceptors (Lipinski definition) is 4. The zero-order chi connectivity index (χ0) is 17.2. The van der Waals surface area contributed by atoms with Crippen molar-refractivity contribution in [2.24, 2.45) is 0 Å². The number of likely N-dealkylation sites (tertiary alicyclic amines) is 1. The van der Waals surface area contributed by atoms with Crippen LogP contribution in [0, 0.1) is 5.82 Å². The molecule has 0 spiro atoms. The van der Waals surface area contributed by atoms with E-state index in [9.17, 15) is 9.18 Å². The number of carbonyl (C=O) groups is 1. The molecular weight excluding hydrogens is 323 g/mol. The lowest BCUT2D eigenvalue weighted by Crippen LogP contribution is -2.33. The average Bonchev–Trinajstić information content (AvgIpc) is 3.25. The smallest absolute Gasteiger partial charge is 0.316 e. The lowest BCUT2D eigenvalue weighted by atomic mass is 10.2. The highest BCUT2D eigenvalue weighted by atomic mass is 19.1. The minimum absolute atomic E-state index is 0.0486. The molecule has 3 heterocycles. The molecule has 1 saturated heterocycles. The lowest BCUT2D eigenvalue weighted by Gasteiger charge is -2.17. The van der Waals surface area contributed by atoms with Gasteiger partial charge in [0.1, 0.15) is 12.6 Å². The highest BCUT2D eigenvalue weighted by molar-refractivity contribution is 5.83. The monoisotopic (exact) mass is 340 g/mol. The molecule has 128 valence electrons. The summed E-state index contributed by atoms with van der Waals surface area (Å²) in [5, 5.41) is 1.12. The third-order valence-corrected chi connectivity index (χ3v) is 4.35. The molecule has 0 N–H and O–H groups in total. The van der Waals surface area contributed by atoms with Crippen molar-refractivity contribution in [3.8, 4) is 6.01 Å². The van der Waals surface area contributed by atoms with E-state index in [-0.39, 0.29) is 18.0 Å². The Morgan fingerprint density at radius 3 is 2.88 bits per heavy atom. The van der Waals surface area contributed by atoms with Crippen LogP contribution in [-0.4, -0.2) is 44.5 Å². The molecule has 4 rings (SSSR count). The van der Waals surface area contributed by atoms with Gasteiger partial charge in [-0.15, -0.1) is 0 Å². The van der Waals surface area contributed by atoms with E-state index in [0.717, 1.165) is 23.3 Å².